The fourth-order valence-electron chi connectivity index (χ4n) is 2.72. The lowest BCUT2D eigenvalue weighted by atomic mass is 10.2. The van der Waals surface area contributed by atoms with Gasteiger partial charge in [0.1, 0.15) is 6.61 Å². The molecule has 3 nitrogen and oxygen atoms in total. The highest BCUT2D eigenvalue weighted by atomic mass is 16.5. The molecule has 3 rings (SSSR count). The molecular weight excluding hydrogens is 236 g/mol. The molecule has 3 heteroatoms. The molecule has 1 aromatic carbocycles. The predicted octanol–water partition coefficient (Wildman–Crippen LogP) is 3.10. The molecule has 0 N–H and O–H groups in total. The molecule has 2 heterocycles. The fourth-order valence-corrected chi connectivity index (χ4v) is 2.72. The Morgan fingerprint density at radius 2 is 2.16 bits per heavy atom. The lowest BCUT2D eigenvalue weighted by Crippen LogP contribution is -2.31. The highest BCUT2D eigenvalue weighted by molar-refractivity contribution is 5.78. The molecule has 1 aromatic heterocycles. The van der Waals surface area contributed by atoms with E-state index in [9.17, 15) is 0 Å². The van der Waals surface area contributed by atoms with Crippen molar-refractivity contribution in [2.45, 2.75) is 25.8 Å². The first-order valence-corrected chi connectivity index (χ1v) is 7.05. The topological polar surface area (TPSA) is 25.4 Å². The summed E-state index contributed by atoms with van der Waals surface area (Å²) in [5.41, 5.74) is 0.995. The maximum atomic E-state index is 5.77. The van der Waals surface area contributed by atoms with Crippen molar-refractivity contribution in [3.63, 3.8) is 0 Å². The minimum atomic E-state index is 0.702. The Labute approximate surface area is 114 Å². The number of likely N-dealkylation sites (tertiary alicyclic amines) is 1. The third-order valence-corrected chi connectivity index (χ3v) is 3.89. The van der Waals surface area contributed by atoms with Gasteiger partial charge in [0.2, 0.25) is 5.88 Å². The zero-order valence-corrected chi connectivity index (χ0v) is 11.4. The van der Waals surface area contributed by atoms with Crippen molar-refractivity contribution in [1.29, 1.82) is 0 Å². The van der Waals surface area contributed by atoms with Crippen LogP contribution in [0.1, 0.15) is 19.8 Å². The van der Waals surface area contributed by atoms with E-state index < -0.39 is 0 Å². The molecule has 0 radical (unpaired) electrons. The monoisotopic (exact) mass is 256 g/mol. The quantitative estimate of drug-likeness (QED) is 0.840. The first kappa shape index (κ1) is 12.4. The second-order valence-corrected chi connectivity index (χ2v) is 5.22. The molecule has 0 amide bonds. The molecule has 0 aliphatic carbocycles. The summed E-state index contributed by atoms with van der Waals surface area (Å²) in [6.07, 6.45) is 2.63. The van der Waals surface area contributed by atoms with E-state index in [2.05, 4.69) is 28.9 Å². The van der Waals surface area contributed by atoms with E-state index in [1.165, 1.54) is 19.4 Å². The van der Waals surface area contributed by atoms with Crippen LogP contribution in [-0.2, 0) is 0 Å². The molecule has 1 aliphatic heterocycles. The van der Waals surface area contributed by atoms with Gasteiger partial charge < -0.3 is 4.74 Å². The SMILES string of the molecule is CC1CCCN1CCOc1ccc2ccccc2n1. The lowest BCUT2D eigenvalue weighted by molar-refractivity contribution is 0.201. The highest BCUT2D eigenvalue weighted by Gasteiger charge is 2.19. The molecular formula is C16H20N2O. The van der Waals surface area contributed by atoms with Crippen molar-refractivity contribution in [3.05, 3.63) is 36.4 Å². The minimum absolute atomic E-state index is 0.702. The standard InChI is InChI=1S/C16H20N2O/c1-13-5-4-10-18(13)11-12-19-16-9-8-14-6-2-3-7-15(14)17-16/h2-3,6-9,13H,4-5,10-12H2,1H3. The van der Waals surface area contributed by atoms with Crippen LogP contribution in [0.15, 0.2) is 36.4 Å². The normalized spacial score (nSPS) is 19.9. The van der Waals surface area contributed by atoms with Crippen LogP contribution in [0.2, 0.25) is 0 Å². The summed E-state index contributed by atoms with van der Waals surface area (Å²) >= 11 is 0. The number of nitrogens with zero attached hydrogens (tertiary/aromatic N) is 2. The van der Waals surface area contributed by atoms with Gasteiger partial charge in [0, 0.05) is 24.0 Å². The van der Waals surface area contributed by atoms with Crippen molar-refractivity contribution >= 4 is 10.9 Å². The van der Waals surface area contributed by atoms with Gasteiger partial charge in [-0.1, -0.05) is 18.2 Å². The third-order valence-electron chi connectivity index (χ3n) is 3.89. The number of rotatable bonds is 4. The van der Waals surface area contributed by atoms with Crippen LogP contribution in [0.4, 0.5) is 0 Å². The van der Waals surface area contributed by atoms with Gasteiger partial charge in [-0.2, -0.15) is 0 Å². The number of ether oxygens (including phenoxy) is 1. The summed E-state index contributed by atoms with van der Waals surface area (Å²) in [5, 5.41) is 1.16. The molecule has 1 fully saturated rings. The summed E-state index contributed by atoms with van der Waals surface area (Å²) in [6.45, 7) is 5.21. The van der Waals surface area contributed by atoms with Crippen LogP contribution in [0.5, 0.6) is 5.88 Å². The molecule has 19 heavy (non-hydrogen) atoms. The van der Waals surface area contributed by atoms with Gasteiger partial charge in [0.25, 0.3) is 0 Å². The smallest absolute Gasteiger partial charge is 0.213 e. The number of pyridine rings is 1. The zero-order valence-electron chi connectivity index (χ0n) is 11.4. The van der Waals surface area contributed by atoms with E-state index in [0.29, 0.717) is 6.04 Å². The number of para-hydroxylation sites is 1. The Bertz CT molecular complexity index is 555. The minimum Gasteiger partial charge on any atom is -0.476 e. The van der Waals surface area contributed by atoms with Gasteiger partial charge in [-0.3, -0.25) is 4.90 Å². The molecule has 100 valence electrons. The van der Waals surface area contributed by atoms with E-state index in [4.69, 9.17) is 4.74 Å². The maximum absolute atomic E-state index is 5.77. The Kier molecular flexibility index (Phi) is 3.65. The summed E-state index contributed by atoms with van der Waals surface area (Å²) in [5.74, 6) is 0.727. The summed E-state index contributed by atoms with van der Waals surface area (Å²) in [4.78, 5) is 7.00. The number of hydrogen-bond acceptors (Lipinski definition) is 3. The van der Waals surface area contributed by atoms with Crippen LogP contribution in [0.3, 0.4) is 0 Å². The fraction of sp³-hybridized carbons (Fsp3) is 0.438. The van der Waals surface area contributed by atoms with Crippen LogP contribution >= 0.6 is 0 Å². The second-order valence-electron chi connectivity index (χ2n) is 5.22. The predicted molar refractivity (Wildman–Crippen MR) is 77.5 cm³/mol. The summed E-state index contributed by atoms with van der Waals surface area (Å²) in [6, 6.07) is 12.8. The molecule has 2 aromatic rings. The van der Waals surface area contributed by atoms with E-state index >= 15 is 0 Å². The van der Waals surface area contributed by atoms with Crippen molar-refractivity contribution < 1.29 is 4.74 Å². The maximum Gasteiger partial charge on any atom is 0.213 e. The molecule has 1 aliphatic rings. The number of hydrogen-bond donors (Lipinski definition) is 0. The van der Waals surface area contributed by atoms with E-state index in [0.717, 1.165) is 29.9 Å². The number of aromatic nitrogens is 1. The van der Waals surface area contributed by atoms with E-state index in [1.807, 2.05) is 24.3 Å². The average Bonchev–Trinajstić information content (AvgIpc) is 2.84. The van der Waals surface area contributed by atoms with Gasteiger partial charge in [-0.25, -0.2) is 4.98 Å². The Balaban J connectivity index is 1.59. The highest BCUT2D eigenvalue weighted by Crippen LogP contribution is 2.17. The van der Waals surface area contributed by atoms with Crippen LogP contribution in [-0.4, -0.2) is 35.6 Å². The Morgan fingerprint density at radius 3 is 3.00 bits per heavy atom. The summed E-state index contributed by atoms with van der Waals surface area (Å²) < 4.78 is 5.77. The molecule has 1 atom stereocenters. The largest absolute Gasteiger partial charge is 0.476 e. The molecule has 0 saturated carbocycles. The van der Waals surface area contributed by atoms with Crippen LogP contribution in [0, 0.1) is 0 Å². The van der Waals surface area contributed by atoms with Crippen molar-refractivity contribution in [3.8, 4) is 5.88 Å². The number of benzene rings is 1. The van der Waals surface area contributed by atoms with E-state index in [1.54, 1.807) is 0 Å². The van der Waals surface area contributed by atoms with Crippen LogP contribution < -0.4 is 4.74 Å². The Hall–Kier alpha value is -1.61. The second kappa shape index (κ2) is 5.57. The van der Waals surface area contributed by atoms with Crippen molar-refractivity contribution in [2.75, 3.05) is 19.7 Å². The number of fused-ring (bicyclic) bond motifs is 1. The van der Waals surface area contributed by atoms with Gasteiger partial charge in [0.05, 0.1) is 5.52 Å². The lowest BCUT2D eigenvalue weighted by Gasteiger charge is -2.20. The van der Waals surface area contributed by atoms with Gasteiger partial charge in [0.15, 0.2) is 0 Å². The third kappa shape index (κ3) is 2.87. The van der Waals surface area contributed by atoms with Crippen LogP contribution in [0.25, 0.3) is 10.9 Å². The average molecular weight is 256 g/mol. The van der Waals surface area contributed by atoms with Gasteiger partial charge >= 0.3 is 0 Å². The molecule has 1 saturated heterocycles. The summed E-state index contributed by atoms with van der Waals surface area (Å²) in [7, 11) is 0. The first-order valence-electron chi connectivity index (χ1n) is 7.05. The zero-order chi connectivity index (χ0) is 13.1. The van der Waals surface area contributed by atoms with Gasteiger partial charge in [-0.15, -0.1) is 0 Å². The van der Waals surface area contributed by atoms with Gasteiger partial charge in [-0.05, 0) is 38.4 Å². The molecule has 0 spiro atoms. The van der Waals surface area contributed by atoms with Crippen molar-refractivity contribution in [1.82, 2.24) is 9.88 Å². The van der Waals surface area contributed by atoms with E-state index in [-0.39, 0.29) is 0 Å². The first-order chi connectivity index (χ1) is 9.33. The molecule has 1 unspecified atom stereocenters. The molecule has 0 bridgehead atoms. The van der Waals surface area contributed by atoms with Crippen molar-refractivity contribution in [2.24, 2.45) is 0 Å². The Morgan fingerprint density at radius 1 is 1.26 bits per heavy atom.